The van der Waals surface area contributed by atoms with Crippen LogP contribution in [-0.4, -0.2) is 0 Å². The molecule has 0 bridgehead atoms. The minimum atomic E-state index is 0.748. The largest absolute Gasteiger partial charge is 0.398 e. The molecule has 2 nitrogen and oxygen atoms in total. The Hall–Kier alpha value is -1.00. The number of anilines is 2. The molecule has 0 amide bonds. The Morgan fingerprint density at radius 2 is 1.09 bits per heavy atom. The second kappa shape index (κ2) is 6.63. The van der Waals surface area contributed by atoms with Crippen LogP contribution in [0.1, 0.15) is 48.6 Å². The Kier molecular flexibility index (Phi) is 4.79. The quantitative estimate of drug-likeness (QED) is 0.598. The van der Waals surface area contributed by atoms with Gasteiger partial charge in [0.15, 0.2) is 0 Å². The molecular formula is C18H20Br2N2. The predicted octanol–water partition coefficient (Wildman–Crippen LogP) is 5.82. The molecule has 0 saturated heterocycles. The van der Waals surface area contributed by atoms with Crippen molar-refractivity contribution in [3.63, 3.8) is 0 Å². The second-order valence-electron chi connectivity index (χ2n) is 6.03. The number of benzene rings is 2. The standard InChI is InChI=1S/C12H15N.C6H5Br2N/c13-12-10(8-4-5-8)2-1-3-11(12)9-6-7-9;7-4-2-1-3-5(8)6(4)9/h1-3,8-9H,4-7,13H2;1-3H,9H2. The number of halogens is 2. The lowest BCUT2D eigenvalue weighted by molar-refractivity contribution is 1.08. The summed E-state index contributed by atoms with van der Waals surface area (Å²) >= 11 is 6.58. The first-order valence-electron chi connectivity index (χ1n) is 7.65. The van der Waals surface area contributed by atoms with E-state index < -0.39 is 0 Å². The van der Waals surface area contributed by atoms with Gasteiger partial charge in [-0.25, -0.2) is 0 Å². The summed E-state index contributed by atoms with van der Waals surface area (Å²) in [5.41, 5.74) is 16.4. The predicted molar refractivity (Wildman–Crippen MR) is 101 cm³/mol. The van der Waals surface area contributed by atoms with Gasteiger partial charge in [0.25, 0.3) is 0 Å². The van der Waals surface area contributed by atoms with E-state index in [0.717, 1.165) is 32.2 Å². The third kappa shape index (κ3) is 3.66. The van der Waals surface area contributed by atoms with Crippen LogP contribution in [0.4, 0.5) is 11.4 Å². The first kappa shape index (κ1) is 15.9. The Bertz CT molecular complexity index is 626. The summed E-state index contributed by atoms with van der Waals surface area (Å²) in [4.78, 5) is 0. The second-order valence-corrected chi connectivity index (χ2v) is 7.74. The van der Waals surface area contributed by atoms with Crippen molar-refractivity contribution >= 4 is 43.2 Å². The molecule has 0 heterocycles. The van der Waals surface area contributed by atoms with E-state index in [1.54, 1.807) is 0 Å². The van der Waals surface area contributed by atoms with Crippen molar-refractivity contribution in [2.45, 2.75) is 37.5 Å². The molecule has 0 spiro atoms. The summed E-state index contributed by atoms with van der Waals surface area (Å²) in [7, 11) is 0. The number of nitrogens with two attached hydrogens (primary N) is 2. The van der Waals surface area contributed by atoms with E-state index in [1.165, 1.54) is 36.8 Å². The zero-order chi connectivity index (χ0) is 15.7. The smallest absolute Gasteiger partial charge is 0.0602 e. The molecule has 2 aliphatic carbocycles. The molecule has 2 aromatic carbocycles. The van der Waals surface area contributed by atoms with Gasteiger partial charge >= 0.3 is 0 Å². The minimum Gasteiger partial charge on any atom is -0.398 e. The lowest BCUT2D eigenvalue weighted by Gasteiger charge is -2.08. The highest BCUT2D eigenvalue weighted by Crippen LogP contribution is 2.48. The fraction of sp³-hybridized carbons (Fsp3) is 0.333. The molecule has 2 aromatic rings. The van der Waals surface area contributed by atoms with Crippen LogP contribution in [0.2, 0.25) is 0 Å². The summed E-state index contributed by atoms with van der Waals surface area (Å²) in [6.45, 7) is 0. The molecule has 116 valence electrons. The summed E-state index contributed by atoms with van der Waals surface area (Å²) in [6.07, 6.45) is 5.38. The first-order chi connectivity index (χ1) is 10.6. The van der Waals surface area contributed by atoms with E-state index in [9.17, 15) is 0 Å². The van der Waals surface area contributed by atoms with Crippen LogP contribution in [0.3, 0.4) is 0 Å². The number of para-hydroxylation sites is 2. The van der Waals surface area contributed by atoms with Crippen LogP contribution in [0, 0.1) is 0 Å². The van der Waals surface area contributed by atoms with Crippen LogP contribution in [-0.2, 0) is 0 Å². The van der Waals surface area contributed by atoms with E-state index in [4.69, 9.17) is 11.5 Å². The summed E-state index contributed by atoms with van der Waals surface area (Å²) in [6, 6.07) is 12.3. The Morgan fingerprint density at radius 1 is 0.682 bits per heavy atom. The first-order valence-corrected chi connectivity index (χ1v) is 9.24. The van der Waals surface area contributed by atoms with Crippen LogP contribution in [0.25, 0.3) is 0 Å². The average molecular weight is 424 g/mol. The van der Waals surface area contributed by atoms with Gasteiger partial charge in [-0.15, -0.1) is 0 Å². The molecule has 4 rings (SSSR count). The van der Waals surface area contributed by atoms with E-state index in [2.05, 4.69) is 50.1 Å². The monoisotopic (exact) mass is 422 g/mol. The molecule has 2 aliphatic rings. The molecule has 0 aromatic heterocycles. The highest BCUT2D eigenvalue weighted by atomic mass is 79.9. The molecule has 0 unspecified atom stereocenters. The number of nitrogen functional groups attached to an aromatic ring is 2. The molecular weight excluding hydrogens is 404 g/mol. The van der Waals surface area contributed by atoms with Crippen molar-refractivity contribution in [1.29, 1.82) is 0 Å². The SMILES string of the molecule is Nc1c(Br)cccc1Br.Nc1c(C2CC2)cccc1C1CC1. The fourth-order valence-electron chi connectivity index (χ4n) is 2.61. The zero-order valence-corrected chi connectivity index (χ0v) is 15.5. The highest BCUT2D eigenvalue weighted by Gasteiger charge is 2.30. The zero-order valence-electron chi connectivity index (χ0n) is 12.4. The molecule has 0 atom stereocenters. The van der Waals surface area contributed by atoms with Gasteiger partial charge in [0, 0.05) is 14.6 Å². The van der Waals surface area contributed by atoms with E-state index in [0.29, 0.717) is 0 Å². The van der Waals surface area contributed by atoms with E-state index in [1.807, 2.05) is 18.2 Å². The average Bonchev–Trinajstić information content (AvgIpc) is 3.38. The normalized spacial score (nSPS) is 16.8. The van der Waals surface area contributed by atoms with E-state index >= 15 is 0 Å². The molecule has 0 radical (unpaired) electrons. The topological polar surface area (TPSA) is 52.0 Å². The molecule has 4 heteroatoms. The third-order valence-electron chi connectivity index (χ3n) is 4.21. The Balaban J connectivity index is 0.000000142. The fourth-order valence-corrected chi connectivity index (χ4v) is 3.61. The lowest BCUT2D eigenvalue weighted by atomic mass is 10.0. The van der Waals surface area contributed by atoms with Crippen LogP contribution >= 0.6 is 31.9 Å². The van der Waals surface area contributed by atoms with Crippen LogP contribution in [0.5, 0.6) is 0 Å². The minimum absolute atomic E-state index is 0.748. The van der Waals surface area contributed by atoms with Gasteiger partial charge in [-0.3, -0.25) is 0 Å². The van der Waals surface area contributed by atoms with Crippen molar-refractivity contribution < 1.29 is 0 Å². The molecule has 4 N–H and O–H groups in total. The number of hydrogen-bond acceptors (Lipinski definition) is 2. The Morgan fingerprint density at radius 3 is 1.45 bits per heavy atom. The van der Waals surface area contributed by atoms with Crippen molar-refractivity contribution in [3.05, 3.63) is 56.5 Å². The van der Waals surface area contributed by atoms with Gasteiger partial charge < -0.3 is 11.5 Å². The highest BCUT2D eigenvalue weighted by molar-refractivity contribution is 9.11. The summed E-state index contributed by atoms with van der Waals surface area (Å²) in [5.74, 6) is 1.58. The van der Waals surface area contributed by atoms with Gasteiger partial charge in [0.2, 0.25) is 0 Å². The molecule has 22 heavy (non-hydrogen) atoms. The van der Waals surface area contributed by atoms with Gasteiger partial charge in [0.05, 0.1) is 5.69 Å². The van der Waals surface area contributed by atoms with Crippen LogP contribution < -0.4 is 11.5 Å². The lowest BCUT2D eigenvalue weighted by Crippen LogP contribution is -1.97. The summed E-state index contributed by atoms with van der Waals surface area (Å²) < 4.78 is 1.86. The number of rotatable bonds is 2. The van der Waals surface area contributed by atoms with Gasteiger partial charge in [-0.1, -0.05) is 24.3 Å². The molecule has 0 aliphatic heterocycles. The van der Waals surface area contributed by atoms with Crippen molar-refractivity contribution in [2.24, 2.45) is 0 Å². The van der Waals surface area contributed by atoms with Crippen molar-refractivity contribution in [2.75, 3.05) is 11.5 Å². The van der Waals surface area contributed by atoms with Crippen LogP contribution in [0.15, 0.2) is 45.3 Å². The number of hydrogen-bond donors (Lipinski definition) is 2. The third-order valence-corrected chi connectivity index (χ3v) is 5.59. The van der Waals surface area contributed by atoms with E-state index in [-0.39, 0.29) is 0 Å². The maximum atomic E-state index is 6.17. The maximum absolute atomic E-state index is 6.17. The van der Waals surface area contributed by atoms with Crippen molar-refractivity contribution in [3.8, 4) is 0 Å². The maximum Gasteiger partial charge on any atom is 0.0602 e. The molecule has 2 fully saturated rings. The summed E-state index contributed by atoms with van der Waals surface area (Å²) in [5, 5.41) is 0. The van der Waals surface area contributed by atoms with Gasteiger partial charge in [-0.05, 0) is 92.6 Å². The Labute approximate surface area is 148 Å². The van der Waals surface area contributed by atoms with Gasteiger partial charge in [0.1, 0.15) is 0 Å². The van der Waals surface area contributed by atoms with Crippen molar-refractivity contribution in [1.82, 2.24) is 0 Å². The molecule has 2 saturated carbocycles. The van der Waals surface area contributed by atoms with Gasteiger partial charge in [-0.2, -0.15) is 0 Å².